The van der Waals surface area contributed by atoms with Crippen molar-refractivity contribution in [2.24, 2.45) is 0 Å². The Labute approximate surface area is 126 Å². The Hall–Kier alpha value is -1.19. The van der Waals surface area contributed by atoms with Crippen LogP contribution in [0.25, 0.3) is 0 Å². The highest BCUT2D eigenvalue weighted by molar-refractivity contribution is 7.09. The van der Waals surface area contributed by atoms with Crippen LogP contribution in [-0.2, 0) is 12.8 Å². The van der Waals surface area contributed by atoms with E-state index in [1.54, 1.807) is 11.3 Å². The number of aryl methyl sites for hydroxylation is 2. The molecule has 0 aliphatic rings. The molecule has 1 atom stereocenters. The summed E-state index contributed by atoms with van der Waals surface area (Å²) in [7, 11) is 0. The number of benzene rings is 1. The molecule has 0 radical (unpaired) electrons. The Morgan fingerprint density at radius 1 is 1.25 bits per heavy atom. The van der Waals surface area contributed by atoms with E-state index in [-0.39, 0.29) is 0 Å². The molecule has 0 spiro atoms. The molecule has 2 rings (SSSR count). The molecule has 1 aromatic carbocycles. The van der Waals surface area contributed by atoms with Gasteiger partial charge in [0, 0.05) is 23.5 Å². The van der Waals surface area contributed by atoms with Crippen LogP contribution in [0.15, 0.2) is 35.7 Å². The van der Waals surface area contributed by atoms with E-state index in [0.717, 1.165) is 25.1 Å². The van der Waals surface area contributed by atoms with Gasteiger partial charge in [-0.05, 0) is 38.3 Å². The molecule has 0 aliphatic carbocycles. The Morgan fingerprint density at radius 2 is 2.05 bits per heavy atom. The smallest absolute Gasteiger partial charge is 0.0943 e. The molecule has 0 saturated heterocycles. The maximum absolute atomic E-state index is 4.59. The van der Waals surface area contributed by atoms with Gasteiger partial charge in [-0.3, -0.25) is 0 Å². The number of thiazole rings is 1. The van der Waals surface area contributed by atoms with Crippen LogP contribution in [0.4, 0.5) is 0 Å². The van der Waals surface area contributed by atoms with Crippen LogP contribution in [0.1, 0.15) is 36.0 Å². The van der Waals surface area contributed by atoms with Crippen molar-refractivity contribution in [2.75, 3.05) is 6.54 Å². The number of hydrogen-bond donors (Lipinski definition) is 1. The van der Waals surface area contributed by atoms with Crippen molar-refractivity contribution in [1.82, 2.24) is 10.3 Å². The first-order chi connectivity index (χ1) is 9.78. The molecule has 20 heavy (non-hydrogen) atoms. The molecule has 1 N–H and O–H groups in total. The van der Waals surface area contributed by atoms with Gasteiger partial charge in [0.15, 0.2) is 0 Å². The third-order valence-corrected chi connectivity index (χ3v) is 4.38. The molecule has 0 fully saturated rings. The molecule has 1 unspecified atom stereocenters. The molecule has 0 saturated carbocycles. The number of aromatic nitrogens is 1. The van der Waals surface area contributed by atoms with Crippen LogP contribution in [0.5, 0.6) is 0 Å². The van der Waals surface area contributed by atoms with Gasteiger partial charge in [0.2, 0.25) is 0 Å². The molecule has 0 aliphatic heterocycles. The molecular weight excluding hydrogens is 264 g/mol. The first-order valence-electron chi connectivity index (χ1n) is 7.46. The monoisotopic (exact) mass is 288 g/mol. The number of hydrogen-bond acceptors (Lipinski definition) is 3. The van der Waals surface area contributed by atoms with Crippen LogP contribution in [0, 0.1) is 6.92 Å². The summed E-state index contributed by atoms with van der Waals surface area (Å²) in [4.78, 5) is 4.59. The lowest BCUT2D eigenvalue weighted by atomic mass is 10.0. The Morgan fingerprint density at radius 3 is 2.70 bits per heavy atom. The predicted octanol–water partition coefficient (Wildman–Crippen LogP) is 4.00. The molecule has 1 heterocycles. The van der Waals surface area contributed by atoms with Crippen molar-refractivity contribution in [2.45, 2.75) is 45.6 Å². The van der Waals surface area contributed by atoms with Crippen LogP contribution in [0.2, 0.25) is 0 Å². The third kappa shape index (κ3) is 5.06. The molecule has 2 nitrogen and oxygen atoms in total. The lowest BCUT2D eigenvalue weighted by Gasteiger charge is -2.17. The van der Waals surface area contributed by atoms with E-state index in [1.807, 2.05) is 0 Å². The van der Waals surface area contributed by atoms with Gasteiger partial charge in [0.1, 0.15) is 0 Å². The second-order valence-corrected chi connectivity index (χ2v) is 6.20. The zero-order chi connectivity index (χ0) is 14.2. The quantitative estimate of drug-likeness (QED) is 0.794. The molecule has 108 valence electrons. The number of nitrogens with zero attached hydrogens (tertiary/aromatic N) is 1. The summed E-state index contributed by atoms with van der Waals surface area (Å²) in [5, 5.41) is 7.06. The van der Waals surface area contributed by atoms with Crippen molar-refractivity contribution in [3.05, 3.63) is 52.0 Å². The first kappa shape index (κ1) is 15.2. The van der Waals surface area contributed by atoms with Crippen molar-refractivity contribution in [3.8, 4) is 0 Å². The average molecular weight is 288 g/mol. The summed E-state index contributed by atoms with van der Waals surface area (Å²) in [6, 6.07) is 11.3. The average Bonchev–Trinajstić information content (AvgIpc) is 2.88. The highest BCUT2D eigenvalue weighted by Crippen LogP contribution is 2.14. The molecule has 2 aromatic rings. The Bertz CT molecular complexity index is 493. The zero-order valence-electron chi connectivity index (χ0n) is 12.4. The summed E-state index contributed by atoms with van der Waals surface area (Å²) in [5.74, 6) is 0. The summed E-state index contributed by atoms with van der Waals surface area (Å²) >= 11 is 1.78. The van der Waals surface area contributed by atoms with Gasteiger partial charge in [0.05, 0.1) is 5.01 Å². The molecule has 1 aromatic heterocycles. The summed E-state index contributed by atoms with van der Waals surface area (Å²) in [5.41, 5.74) is 2.56. The second kappa shape index (κ2) is 8.18. The Balaban J connectivity index is 1.89. The minimum absolute atomic E-state index is 0.528. The number of nitrogens with one attached hydrogen (secondary N) is 1. The lowest BCUT2D eigenvalue weighted by Crippen LogP contribution is -2.32. The van der Waals surface area contributed by atoms with Gasteiger partial charge >= 0.3 is 0 Å². The third-order valence-electron chi connectivity index (χ3n) is 3.39. The van der Waals surface area contributed by atoms with E-state index in [9.17, 15) is 0 Å². The van der Waals surface area contributed by atoms with E-state index in [0.29, 0.717) is 6.04 Å². The normalized spacial score (nSPS) is 12.5. The van der Waals surface area contributed by atoms with Crippen LogP contribution in [0.3, 0.4) is 0 Å². The summed E-state index contributed by atoms with van der Waals surface area (Å²) in [6.07, 6.45) is 4.53. The second-order valence-electron chi connectivity index (χ2n) is 5.26. The standard InChI is InChI=1S/C17H24N2S/c1-3-11-18-16(12-17-19-14(2)13-20-17)10-9-15-7-5-4-6-8-15/h4-8,13,16,18H,3,9-12H2,1-2H3. The largest absolute Gasteiger partial charge is 0.314 e. The van der Waals surface area contributed by atoms with Crippen molar-refractivity contribution >= 4 is 11.3 Å². The van der Waals surface area contributed by atoms with Gasteiger partial charge in [-0.2, -0.15) is 0 Å². The highest BCUT2D eigenvalue weighted by atomic mass is 32.1. The van der Waals surface area contributed by atoms with Crippen molar-refractivity contribution in [3.63, 3.8) is 0 Å². The number of rotatable bonds is 8. The van der Waals surface area contributed by atoms with Gasteiger partial charge < -0.3 is 5.32 Å². The van der Waals surface area contributed by atoms with Crippen LogP contribution in [-0.4, -0.2) is 17.6 Å². The maximum atomic E-state index is 4.59. The Kier molecular flexibility index (Phi) is 6.22. The SMILES string of the molecule is CCCNC(CCc1ccccc1)Cc1nc(C)cs1. The van der Waals surface area contributed by atoms with E-state index in [1.165, 1.54) is 23.4 Å². The fraction of sp³-hybridized carbons (Fsp3) is 0.471. The van der Waals surface area contributed by atoms with Gasteiger partial charge in [-0.25, -0.2) is 4.98 Å². The molecular formula is C17H24N2S. The van der Waals surface area contributed by atoms with Crippen LogP contribution < -0.4 is 5.32 Å². The van der Waals surface area contributed by atoms with E-state index < -0.39 is 0 Å². The topological polar surface area (TPSA) is 24.9 Å². The fourth-order valence-electron chi connectivity index (χ4n) is 2.32. The minimum Gasteiger partial charge on any atom is -0.314 e. The molecule has 0 amide bonds. The van der Waals surface area contributed by atoms with Crippen molar-refractivity contribution in [1.29, 1.82) is 0 Å². The molecule has 0 bridgehead atoms. The summed E-state index contributed by atoms with van der Waals surface area (Å²) < 4.78 is 0. The van der Waals surface area contributed by atoms with Gasteiger partial charge in [-0.15, -0.1) is 11.3 Å². The maximum Gasteiger partial charge on any atom is 0.0943 e. The lowest BCUT2D eigenvalue weighted by molar-refractivity contribution is 0.477. The predicted molar refractivity (Wildman–Crippen MR) is 87.4 cm³/mol. The van der Waals surface area contributed by atoms with E-state index >= 15 is 0 Å². The minimum atomic E-state index is 0.528. The van der Waals surface area contributed by atoms with Crippen LogP contribution >= 0.6 is 11.3 Å². The first-order valence-corrected chi connectivity index (χ1v) is 8.34. The van der Waals surface area contributed by atoms with E-state index in [4.69, 9.17) is 0 Å². The zero-order valence-corrected chi connectivity index (χ0v) is 13.2. The van der Waals surface area contributed by atoms with E-state index in [2.05, 4.69) is 59.9 Å². The van der Waals surface area contributed by atoms with Gasteiger partial charge in [-0.1, -0.05) is 37.3 Å². The van der Waals surface area contributed by atoms with Crippen molar-refractivity contribution < 1.29 is 0 Å². The highest BCUT2D eigenvalue weighted by Gasteiger charge is 2.11. The molecule has 3 heteroatoms. The van der Waals surface area contributed by atoms with Gasteiger partial charge in [0.25, 0.3) is 0 Å². The summed E-state index contributed by atoms with van der Waals surface area (Å²) in [6.45, 7) is 5.37. The fourth-order valence-corrected chi connectivity index (χ4v) is 3.17.